The molecule has 0 aromatic heterocycles. The topological polar surface area (TPSA) is 26.0 Å². The highest BCUT2D eigenvalue weighted by Crippen LogP contribution is 2.34. The second-order valence-corrected chi connectivity index (χ2v) is 6.35. The molecule has 1 aromatic carbocycles. The van der Waals surface area contributed by atoms with Crippen LogP contribution >= 0.6 is 0 Å². The predicted molar refractivity (Wildman–Crippen MR) is 105 cm³/mol. The molecule has 0 bridgehead atoms. The van der Waals surface area contributed by atoms with Gasteiger partial charge < -0.3 is 5.73 Å². The van der Waals surface area contributed by atoms with Gasteiger partial charge >= 0.3 is 0 Å². The number of unbranched alkanes of at least 4 members (excludes halogenated alkanes) is 1. The van der Waals surface area contributed by atoms with Gasteiger partial charge in [0, 0.05) is 5.69 Å². The average molecular weight is 314 g/mol. The van der Waals surface area contributed by atoms with Gasteiger partial charge in [0.05, 0.1) is 0 Å². The van der Waals surface area contributed by atoms with E-state index in [4.69, 9.17) is 5.73 Å². The lowest BCUT2D eigenvalue weighted by Gasteiger charge is -2.19. The smallest absolute Gasteiger partial charge is 0.0320 e. The Morgan fingerprint density at radius 3 is 2.17 bits per heavy atom. The zero-order chi connectivity index (χ0) is 17.1. The molecule has 0 aliphatic carbocycles. The van der Waals surface area contributed by atoms with Crippen LogP contribution in [0.25, 0.3) is 5.57 Å². The molecule has 1 aromatic rings. The first-order valence-corrected chi connectivity index (χ1v) is 9.45. The van der Waals surface area contributed by atoms with E-state index < -0.39 is 0 Å². The van der Waals surface area contributed by atoms with E-state index in [1.807, 2.05) is 6.07 Å². The van der Waals surface area contributed by atoms with E-state index in [1.165, 1.54) is 56.1 Å². The largest absolute Gasteiger partial charge is 0.399 e. The maximum absolute atomic E-state index is 6.04. The maximum Gasteiger partial charge on any atom is 0.0320 e. The summed E-state index contributed by atoms with van der Waals surface area (Å²) in [6.07, 6.45) is 11.9. The molecule has 0 atom stereocenters. The van der Waals surface area contributed by atoms with Gasteiger partial charge in [-0.3, -0.25) is 0 Å². The van der Waals surface area contributed by atoms with Crippen LogP contribution in [0.3, 0.4) is 0 Å². The van der Waals surface area contributed by atoms with E-state index in [2.05, 4.69) is 52.0 Å². The summed E-state index contributed by atoms with van der Waals surface area (Å²) in [5, 5.41) is 0. The third-order valence-corrected chi connectivity index (χ3v) is 4.19. The van der Waals surface area contributed by atoms with Crippen LogP contribution in [0.2, 0.25) is 0 Å². The van der Waals surface area contributed by atoms with E-state index in [1.54, 1.807) is 11.1 Å². The van der Waals surface area contributed by atoms with E-state index in [9.17, 15) is 0 Å². The van der Waals surface area contributed by atoms with Crippen molar-refractivity contribution in [3.05, 3.63) is 47.1 Å². The van der Waals surface area contributed by atoms with Crippen LogP contribution in [-0.2, 0) is 0 Å². The summed E-state index contributed by atoms with van der Waals surface area (Å²) in [7, 11) is 0. The Labute approximate surface area is 143 Å². The van der Waals surface area contributed by atoms with E-state index in [0.29, 0.717) is 0 Å². The van der Waals surface area contributed by atoms with Crippen LogP contribution in [0.1, 0.15) is 84.6 Å². The van der Waals surface area contributed by atoms with Gasteiger partial charge in [-0.1, -0.05) is 71.6 Å². The summed E-state index contributed by atoms with van der Waals surface area (Å²) in [6, 6.07) is 8.43. The van der Waals surface area contributed by atoms with Gasteiger partial charge in [-0.05, 0) is 60.1 Å². The molecule has 128 valence electrons. The molecule has 0 saturated heterocycles. The summed E-state index contributed by atoms with van der Waals surface area (Å²) in [6.45, 7) is 9.09. The first kappa shape index (κ1) is 19.5. The monoisotopic (exact) mass is 313 g/mol. The molecule has 23 heavy (non-hydrogen) atoms. The molecular weight excluding hydrogens is 278 g/mol. The van der Waals surface area contributed by atoms with Crippen LogP contribution in [0.4, 0.5) is 5.69 Å². The van der Waals surface area contributed by atoms with E-state index in [-0.39, 0.29) is 0 Å². The molecule has 0 saturated carbocycles. The van der Waals surface area contributed by atoms with Crippen molar-refractivity contribution in [1.29, 1.82) is 0 Å². The Hall–Kier alpha value is -1.50. The van der Waals surface area contributed by atoms with Crippen molar-refractivity contribution in [2.24, 2.45) is 0 Å². The zero-order valence-electron chi connectivity index (χ0n) is 15.6. The molecular formula is C22H35N. The fourth-order valence-corrected chi connectivity index (χ4v) is 3.17. The van der Waals surface area contributed by atoms with Gasteiger partial charge in [0.1, 0.15) is 0 Å². The summed E-state index contributed by atoms with van der Waals surface area (Å²) < 4.78 is 0. The van der Waals surface area contributed by atoms with Crippen molar-refractivity contribution in [1.82, 2.24) is 0 Å². The highest BCUT2D eigenvalue weighted by molar-refractivity contribution is 5.74. The lowest BCUT2D eigenvalue weighted by molar-refractivity contribution is 0.831. The highest BCUT2D eigenvalue weighted by atomic mass is 14.5. The fraction of sp³-hybridized carbons (Fsp3) is 0.545. The van der Waals surface area contributed by atoms with Crippen LogP contribution in [-0.4, -0.2) is 0 Å². The third kappa shape index (κ3) is 6.25. The Morgan fingerprint density at radius 2 is 1.61 bits per heavy atom. The molecule has 2 N–H and O–H groups in total. The number of nitrogens with two attached hydrogens (primary N) is 1. The molecule has 0 spiro atoms. The first-order chi connectivity index (χ1) is 11.2. The molecule has 0 heterocycles. The molecule has 1 nitrogen and oxygen atoms in total. The van der Waals surface area contributed by atoms with Crippen molar-refractivity contribution in [3.63, 3.8) is 0 Å². The van der Waals surface area contributed by atoms with Crippen molar-refractivity contribution < 1.29 is 0 Å². The molecule has 0 radical (unpaired) electrons. The van der Waals surface area contributed by atoms with Gasteiger partial charge in [-0.15, -0.1) is 0 Å². The Kier molecular flexibility index (Phi) is 9.43. The number of hydrogen-bond donors (Lipinski definition) is 1. The van der Waals surface area contributed by atoms with Crippen molar-refractivity contribution in [3.8, 4) is 0 Å². The molecule has 0 aliphatic heterocycles. The molecule has 0 unspecified atom stereocenters. The van der Waals surface area contributed by atoms with Crippen molar-refractivity contribution in [2.45, 2.75) is 79.1 Å². The standard InChI is InChI=1S/C22H35N/c1-5-9-14-18(11-6-2)21(12-7-3)22(13-8-4)19-15-10-16-20(23)17-19/h10,14-17H,5-9,11-13,23H2,1-4H3/b18-14+,22-21-. The maximum atomic E-state index is 6.04. The van der Waals surface area contributed by atoms with Crippen LogP contribution in [0, 0.1) is 0 Å². The summed E-state index contributed by atoms with van der Waals surface area (Å²) in [4.78, 5) is 0. The molecule has 0 fully saturated rings. The van der Waals surface area contributed by atoms with Gasteiger partial charge in [-0.25, -0.2) is 0 Å². The van der Waals surface area contributed by atoms with E-state index in [0.717, 1.165) is 12.1 Å². The summed E-state index contributed by atoms with van der Waals surface area (Å²) in [5.41, 5.74) is 12.9. The van der Waals surface area contributed by atoms with Gasteiger partial charge in [0.2, 0.25) is 0 Å². The molecule has 1 rings (SSSR count). The Morgan fingerprint density at radius 1 is 0.913 bits per heavy atom. The van der Waals surface area contributed by atoms with Crippen LogP contribution in [0.15, 0.2) is 41.5 Å². The SMILES string of the molecule is CCC/C=C(CCC)/C(CCC)=C(/CCC)c1cccc(N)c1. The van der Waals surface area contributed by atoms with Crippen molar-refractivity contribution >= 4 is 11.3 Å². The number of nitrogen functional groups attached to an aromatic ring is 1. The second-order valence-electron chi connectivity index (χ2n) is 6.35. The molecule has 1 heteroatoms. The van der Waals surface area contributed by atoms with Crippen molar-refractivity contribution in [2.75, 3.05) is 5.73 Å². The number of allylic oxidation sites excluding steroid dienone is 4. The number of hydrogen-bond acceptors (Lipinski definition) is 1. The number of benzene rings is 1. The van der Waals surface area contributed by atoms with E-state index >= 15 is 0 Å². The molecule has 0 amide bonds. The number of anilines is 1. The van der Waals surface area contributed by atoms with Gasteiger partial charge in [0.25, 0.3) is 0 Å². The lowest BCUT2D eigenvalue weighted by Crippen LogP contribution is -1.99. The quantitative estimate of drug-likeness (QED) is 0.360. The average Bonchev–Trinajstić information content (AvgIpc) is 2.55. The normalized spacial score (nSPS) is 13.1. The van der Waals surface area contributed by atoms with Gasteiger partial charge in [-0.2, -0.15) is 0 Å². The minimum atomic E-state index is 0.863. The zero-order valence-corrected chi connectivity index (χ0v) is 15.6. The minimum Gasteiger partial charge on any atom is -0.399 e. The summed E-state index contributed by atoms with van der Waals surface area (Å²) >= 11 is 0. The second kappa shape index (κ2) is 11.1. The molecule has 0 aliphatic rings. The summed E-state index contributed by atoms with van der Waals surface area (Å²) in [5.74, 6) is 0. The fourth-order valence-electron chi connectivity index (χ4n) is 3.17. The number of rotatable bonds is 10. The minimum absolute atomic E-state index is 0.863. The Bertz CT molecular complexity index is 523. The first-order valence-electron chi connectivity index (χ1n) is 9.45. The lowest BCUT2D eigenvalue weighted by atomic mass is 9.86. The predicted octanol–water partition coefficient (Wildman–Crippen LogP) is 7.15. The van der Waals surface area contributed by atoms with Crippen LogP contribution < -0.4 is 5.73 Å². The van der Waals surface area contributed by atoms with Gasteiger partial charge in [0.15, 0.2) is 0 Å². The highest BCUT2D eigenvalue weighted by Gasteiger charge is 2.12. The third-order valence-electron chi connectivity index (χ3n) is 4.19. The Balaban J connectivity index is 3.42. The van der Waals surface area contributed by atoms with Crippen LogP contribution in [0.5, 0.6) is 0 Å².